The zero-order valence-corrected chi connectivity index (χ0v) is 18.0. The Morgan fingerprint density at radius 2 is 1.96 bits per heavy atom. The van der Waals surface area contributed by atoms with Gasteiger partial charge in [0.1, 0.15) is 11.6 Å². The van der Waals surface area contributed by atoms with E-state index in [4.69, 9.17) is 49.6 Å². The summed E-state index contributed by atoms with van der Waals surface area (Å²) >= 11 is 18.0. The normalized spacial score (nSPS) is 16.0. The molecule has 3 rings (SSSR count). The second kappa shape index (κ2) is 10.3. The minimum absolute atomic E-state index is 0.229. The van der Waals surface area contributed by atoms with Gasteiger partial charge < -0.3 is 19.5 Å². The van der Waals surface area contributed by atoms with Gasteiger partial charge in [0.25, 0.3) is 0 Å². The summed E-state index contributed by atoms with van der Waals surface area (Å²) in [7, 11) is 0. The molecule has 1 saturated heterocycles. The van der Waals surface area contributed by atoms with Crippen LogP contribution in [0.3, 0.4) is 0 Å². The van der Waals surface area contributed by atoms with Gasteiger partial charge in [-0.15, -0.1) is 0 Å². The monoisotopic (exact) mass is 439 g/mol. The predicted molar refractivity (Wildman–Crippen MR) is 117 cm³/mol. The Morgan fingerprint density at radius 1 is 1.18 bits per heavy atom. The van der Waals surface area contributed by atoms with Crippen LogP contribution in [0, 0.1) is 0 Å². The van der Waals surface area contributed by atoms with E-state index in [0.29, 0.717) is 39.7 Å². The molecule has 0 unspecified atom stereocenters. The Hall–Kier alpha value is -1.53. The van der Waals surface area contributed by atoms with Crippen LogP contribution in [0.1, 0.15) is 30.9 Å². The van der Waals surface area contributed by atoms with E-state index in [9.17, 15) is 0 Å². The topological polar surface area (TPSA) is 39.7 Å². The SMILES string of the molecule is CCOc1cc(C(=S)NC[C@H]2CCCO2)ccc1OCc1c(Cl)cccc1Cl. The van der Waals surface area contributed by atoms with Gasteiger partial charge in [-0.3, -0.25) is 0 Å². The summed E-state index contributed by atoms with van der Waals surface area (Å²) in [5.41, 5.74) is 1.62. The zero-order chi connectivity index (χ0) is 19.9. The first kappa shape index (κ1) is 21.2. The summed E-state index contributed by atoms with van der Waals surface area (Å²) < 4.78 is 17.3. The lowest BCUT2D eigenvalue weighted by atomic mass is 10.2. The molecule has 4 nitrogen and oxygen atoms in total. The summed E-state index contributed by atoms with van der Waals surface area (Å²) in [5.74, 6) is 1.24. The summed E-state index contributed by atoms with van der Waals surface area (Å²) in [5, 5.41) is 4.42. The van der Waals surface area contributed by atoms with Crippen LogP contribution in [0.5, 0.6) is 11.5 Å². The molecule has 1 heterocycles. The van der Waals surface area contributed by atoms with Crippen molar-refractivity contribution in [2.75, 3.05) is 19.8 Å². The molecule has 1 N–H and O–H groups in total. The van der Waals surface area contributed by atoms with Gasteiger partial charge in [0.05, 0.1) is 12.7 Å². The lowest BCUT2D eigenvalue weighted by Crippen LogP contribution is -2.31. The highest BCUT2D eigenvalue weighted by molar-refractivity contribution is 7.80. The van der Waals surface area contributed by atoms with E-state index in [1.54, 1.807) is 18.2 Å². The molecule has 1 aliphatic heterocycles. The van der Waals surface area contributed by atoms with Crippen LogP contribution in [0.2, 0.25) is 10.0 Å². The van der Waals surface area contributed by atoms with E-state index < -0.39 is 0 Å². The third-order valence-electron chi connectivity index (χ3n) is 4.45. The van der Waals surface area contributed by atoms with Gasteiger partial charge in [-0.05, 0) is 50.1 Å². The standard InChI is InChI=1S/C21H23Cl2NO3S/c1-2-25-20-11-14(21(28)24-12-15-5-4-10-26-15)8-9-19(20)27-13-16-17(22)6-3-7-18(16)23/h3,6-9,11,15H,2,4-5,10,12-13H2,1H3,(H,24,28)/t15-/m1/s1. The van der Waals surface area contributed by atoms with Gasteiger partial charge in [-0.1, -0.05) is 41.5 Å². The quantitative estimate of drug-likeness (QED) is 0.556. The van der Waals surface area contributed by atoms with Crippen molar-refractivity contribution in [3.8, 4) is 11.5 Å². The third kappa shape index (κ3) is 5.51. The predicted octanol–water partition coefficient (Wildman–Crippen LogP) is 5.42. The van der Waals surface area contributed by atoms with Gasteiger partial charge in [-0.25, -0.2) is 0 Å². The number of halogens is 2. The van der Waals surface area contributed by atoms with Crippen LogP contribution in [0.25, 0.3) is 0 Å². The molecule has 0 amide bonds. The van der Waals surface area contributed by atoms with Crippen molar-refractivity contribution >= 4 is 40.4 Å². The van der Waals surface area contributed by atoms with Crippen LogP contribution >= 0.6 is 35.4 Å². The van der Waals surface area contributed by atoms with Crippen molar-refractivity contribution in [1.29, 1.82) is 0 Å². The number of benzene rings is 2. The van der Waals surface area contributed by atoms with E-state index in [1.807, 2.05) is 25.1 Å². The molecule has 2 aromatic carbocycles. The Balaban J connectivity index is 1.68. The summed E-state index contributed by atoms with van der Waals surface area (Å²) in [6.45, 7) is 4.24. The van der Waals surface area contributed by atoms with E-state index in [-0.39, 0.29) is 12.7 Å². The van der Waals surface area contributed by atoms with E-state index in [2.05, 4.69) is 5.32 Å². The van der Waals surface area contributed by atoms with Crippen molar-refractivity contribution < 1.29 is 14.2 Å². The van der Waals surface area contributed by atoms with Gasteiger partial charge in [0.15, 0.2) is 11.5 Å². The number of hydrogen-bond donors (Lipinski definition) is 1. The highest BCUT2D eigenvalue weighted by Gasteiger charge is 2.16. The number of hydrogen-bond acceptors (Lipinski definition) is 4. The van der Waals surface area contributed by atoms with Crippen LogP contribution in [-0.2, 0) is 11.3 Å². The van der Waals surface area contributed by atoms with Crippen LogP contribution < -0.4 is 14.8 Å². The van der Waals surface area contributed by atoms with E-state index in [1.165, 1.54) is 0 Å². The van der Waals surface area contributed by atoms with Gasteiger partial charge in [0.2, 0.25) is 0 Å². The average molecular weight is 440 g/mol. The second-order valence-electron chi connectivity index (χ2n) is 6.43. The first-order valence-electron chi connectivity index (χ1n) is 9.30. The minimum atomic E-state index is 0.229. The second-order valence-corrected chi connectivity index (χ2v) is 7.65. The van der Waals surface area contributed by atoms with Crippen molar-refractivity contribution in [2.45, 2.75) is 32.5 Å². The third-order valence-corrected chi connectivity index (χ3v) is 5.54. The van der Waals surface area contributed by atoms with Crippen molar-refractivity contribution in [3.63, 3.8) is 0 Å². The zero-order valence-electron chi connectivity index (χ0n) is 15.7. The maximum absolute atomic E-state index is 6.22. The van der Waals surface area contributed by atoms with Crippen LogP contribution in [0.15, 0.2) is 36.4 Å². The first-order valence-corrected chi connectivity index (χ1v) is 10.5. The Morgan fingerprint density at radius 3 is 2.64 bits per heavy atom. The van der Waals surface area contributed by atoms with Crippen molar-refractivity contribution in [1.82, 2.24) is 5.32 Å². The molecule has 150 valence electrons. The summed E-state index contributed by atoms with van der Waals surface area (Å²) in [4.78, 5) is 0.664. The molecular weight excluding hydrogens is 417 g/mol. The van der Waals surface area contributed by atoms with Crippen LogP contribution in [-0.4, -0.2) is 30.9 Å². The molecule has 1 aliphatic rings. The molecular formula is C21H23Cl2NO3S. The largest absolute Gasteiger partial charge is 0.490 e. The molecule has 2 aromatic rings. The lowest BCUT2D eigenvalue weighted by Gasteiger charge is -2.16. The fourth-order valence-electron chi connectivity index (χ4n) is 2.97. The first-order chi connectivity index (χ1) is 13.6. The van der Waals surface area contributed by atoms with E-state index >= 15 is 0 Å². The molecule has 0 aromatic heterocycles. The molecule has 1 fully saturated rings. The molecule has 0 bridgehead atoms. The van der Waals surface area contributed by atoms with Crippen molar-refractivity contribution in [3.05, 3.63) is 57.6 Å². The highest BCUT2D eigenvalue weighted by atomic mass is 35.5. The molecule has 7 heteroatoms. The molecule has 0 radical (unpaired) electrons. The Bertz CT molecular complexity index is 805. The van der Waals surface area contributed by atoms with Crippen LogP contribution in [0.4, 0.5) is 0 Å². The number of ether oxygens (including phenoxy) is 3. The Labute approximate surface area is 181 Å². The Kier molecular flexibility index (Phi) is 7.80. The van der Waals surface area contributed by atoms with Crippen molar-refractivity contribution in [2.24, 2.45) is 0 Å². The molecule has 0 aliphatic carbocycles. The van der Waals surface area contributed by atoms with E-state index in [0.717, 1.165) is 30.6 Å². The fraction of sp³-hybridized carbons (Fsp3) is 0.381. The lowest BCUT2D eigenvalue weighted by molar-refractivity contribution is 0.114. The molecule has 0 spiro atoms. The average Bonchev–Trinajstić information content (AvgIpc) is 3.20. The molecule has 1 atom stereocenters. The highest BCUT2D eigenvalue weighted by Crippen LogP contribution is 2.31. The fourth-order valence-corrected chi connectivity index (χ4v) is 3.69. The number of nitrogens with one attached hydrogen (secondary N) is 1. The summed E-state index contributed by atoms with van der Waals surface area (Å²) in [6.07, 6.45) is 2.40. The smallest absolute Gasteiger partial charge is 0.161 e. The summed E-state index contributed by atoms with van der Waals surface area (Å²) in [6, 6.07) is 11.0. The molecule has 28 heavy (non-hydrogen) atoms. The van der Waals surface area contributed by atoms with Gasteiger partial charge in [-0.2, -0.15) is 0 Å². The number of thiocarbonyl (C=S) groups is 1. The minimum Gasteiger partial charge on any atom is -0.490 e. The maximum atomic E-state index is 6.22. The maximum Gasteiger partial charge on any atom is 0.161 e. The number of rotatable bonds is 8. The van der Waals surface area contributed by atoms with Gasteiger partial charge >= 0.3 is 0 Å². The molecule has 0 saturated carbocycles. The van der Waals surface area contributed by atoms with Gasteiger partial charge in [0, 0.05) is 34.3 Å².